The lowest BCUT2D eigenvalue weighted by molar-refractivity contribution is -0.133. The third kappa shape index (κ3) is 3.80. The molecule has 0 saturated carbocycles. The third-order valence-electron chi connectivity index (χ3n) is 2.76. The molecule has 4 nitrogen and oxygen atoms in total. The number of hydrogen-bond donors (Lipinski definition) is 1. The minimum absolute atomic E-state index is 0.0478. The summed E-state index contributed by atoms with van der Waals surface area (Å²) in [6.07, 6.45) is 2.09. The molecule has 1 aliphatic rings. The van der Waals surface area contributed by atoms with Gasteiger partial charge in [-0.15, -0.1) is 0 Å². The Hall–Kier alpha value is -0.610. The average molecular weight is 214 g/mol. The first-order valence-corrected chi connectivity index (χ1v) is 5.89. The van der Waals surface area contributed by atoms with Crippen molar-refractivity contribution in [2.24, 2.45) is 0 Å². The second kappa shape index (κ2) is 6.80. The Balaban J connectivity index is 2.32. The lowest BCUT2D eigenvalue weighted by Crippen LogP contribution is -2.44. The minimum Gasteiger partial charge on any atom is -0.380 e. The van der Waals surface area contributed by atoms with Crippen LogP contribution in [0.15, 0.2) is 0 Å². The zero-order valence-electron chi connectivity index (χ0n) is 9.79. The molecule has 1 saturated heterocycles. The van der Waals surface area contributed by atoms with Crippen LogP contribution in [0.1, 0.15) is 26.7 Å². The minimum atomic E-state index is 0.0478. The van der Waals surface area contributed by atoms with Crippen molar-refractivity contribution in [2.45, 2.75) is 32.7 Å². The Bertz CT molecular complexity index is 191. The van der Waals surface area contributed by atoms with E-state index in [9.17, 15) is 4.79 Å². The average Bonchev–Trinajstić information content (AvgIpc) is 2.77. The molecular weight excluding hydrogens is 192 g/mol. The third-order valence-corrected chi connectivity index (χ3v) is 2.76. The zero-order chi connectivity index (χ0) is 11.1. The van der Waals surface area contributed by atoms with Gasteiger partial charge in [0.05, 0.1) is 12.6 Å². The van der Waals surface area contributed by atoms with Gasteiger partial charge < -0.3 is 15.0 Å². The van der Waals surface area contributed by atoms with E-state index in [1.54, 1.807) is 0 Å². The first-order chi connectivity index (χ1) is 7.29. The SMILES string of the molecule is CCOCCN(CC)C(=O)[C@@H]1CCCN1. The quantitative estimate of drug-likeness (QED) is 0.659. The van der Waals surface area contributed by atoms with Crippen molar-refractivity contribution < 1.29 is 9.53 Å². The second-order valence-electron chi connectivity index (χ2n) is 3.76. The van der Waals surface area contributed by atoms with Gasteiger partial charge in [0, 0.05) is 19.7 Å². The number of carbonyl (C=O) groups is 1. The molecule has 1 heterocycles. The molecule has 1 amide bonds. The Labute approximate surface area is 92.0 Å². The summed E-state index contributed by atoms with van der Waals surface area (Å²) in [4.78, 5) is 13.9. The first-order valence-electron chi connectivity index (χ1n) is 5.89. The molecule has 1 rings (SSSR count). The van der Waals surface area contributed by atoms with Crippen LogP contribution in [0.5, 0.6) is 0 Å². The van der Waals surface area contributed by atoms with Crippen molar-refractivity contribution in [3.63, 3.8) is 0 Å². The molecule has 0 aromatic heterocycles. The van der Waals surface area contributed by atoms with Crippen molar-refractivity contribution in [3.05, 3.63) is 0 Å². The molecular formula is C11H22N2O2. The summed E-state index contributed by atoms with van der Waals surface area (Å²) in [5.41, 5.74) is 0. The highest BCUT2D eigenvalue weighted by atomic mass is 16.5. The first kappa shape index (κ1) is 12.5. The molecule has 0 spiro atoms. The van der Waals surface area contributed by atoms with Crippen LogP contribution < -0.4 is 5.32 Å². The molecule has 88 valence electrons. The molecule has 0 aromatic rings. The summed E-state index contributed by atoms with van der Waals surface area (Å²) in [5.74, 6) is 0.231. The van der Waals surface area contributed by atoms with E-state index in [-0.39, 0.29) is 11.9 Å². The highest BCUT2D eigenvalue weighted by molar-refractivity contribution is 5.82. The fraction of sp³-hybridized carbons (Fsp3) is 0.909. The van der Waals surface area contributed by atoms with Gasteiger partial charge in [-0.05, 0) is 33.2 Å². The van der Waals surface area contributed by atoms with E-state index in [1.807, 2.05) is 18.7 Å². The predicted molar refractivity (Wildman–Crippen MR) is 59.8 cm³/mol. The molecule has 15 heavy (non-hydrogen) atoms. The Morgan fingerprint density at radius 3 is 2.87 bits per heavy atom. The van der Waals surface area contributed by atoms with Crippen molar-refractivity contribution in [1.29, 1.82) is 0 Å². The number of carbonyl (C=O) groups excluding carboxylic acids is 1. The molecule has 0 radical (unpaired) electrons. The van der Waals surface area contributed by atoms with Crippen molar-refractivity contribution >= 4 is 5.91 Å². The number of amides is 1. The summed E-state index contributed by atoms with van der Waals surface area (Å²) < 4.78 is 5.26. The summed E-state index contributed by atoms with van der Waals surface area (Å²) in [6.45, 7) is 7.79. The van der Waals surface area contributed by atoms with Crippen LogP contribution in [0, 0.1) is 0 Å². The summed E-state index contributed by atoms with van der Waals surface area (Å²) in [6, 6.07) is 0.0478. The highest BCUT2D eigenvalue weighted by Crippen LogP contribution is 2.08. The van der Waals surface area contributed by atoms with Crippen molar-refractivity contribution in [3.8, 4) is 0 Å². The Morgan fingerprint density at radius 1 is 1.53 bits per heavy atom. The van der Waals surface area contributed by atoms with E-state index >= 15 is 0 Å². The fourth-order valence-corrected chi connectivity index (χ4v) is 1.86. The van der Waals surface area contributed by atoms with Crippen LogP contribution in [0.3, 0.4) is 0 Å². The molecule has 1 N–H and O–H groups in total. The van der Waals surface area contributed by atoms with Crippen molar-refractivity contribution in [2.75, 3.05) is 32.8 Å². The van der Waals surface area contributed by atoms with Crippen LogP contribution in [-0.2, 0) is 9.53 Å². The predicted octanol–water partition coefficient (Wildman–Crippen LogP) is 0.623. The maximum Gasteiger partial charge on any atom is 0.239 e. The van der Waals surface area contributed by atoms with Gasteiger partial charge in [0.15, 0.2) is 0 Å². The fourth-order valence-electron chi connectivity index (χ4n) is 1.86. The molecule has 1 aliphatic heterocycles. The van der Waals surface area contributed by atoms with E-state index in [0.717, 1.165) is 25.9 Å². The monoisotopic (exact) mass is 214 g/mol. The van der Waals surface area contributed by atoms with Gasteiger partial charge in [-0.3, -0.25) is 4.79 Å². The molecule has 0 aromatic carbocycles. The van der Waals surface area contributed by atoms with Gasteiger partial charge in [0.1, 0.15) is 0 Å². The lowest BCUT2D eigenvalue weighted by atomic mass is 10.2. The summed E-state index contributed by atoms with van der Waals surface area (Å²) >= 11 is 0. The molecule has 1 atom stereocenters. The summed E-state index contributed by atoms with van der Waals surface area (Å²) in [7, 11) is 0. The van der Waals surface area contributed by atoms with Gasteiger partial charge in [-0.25, -0.2) is 0 Å². The Morgan fingerprint density at radius 2 is 2.33 bits per heavy atom. The number of rotatable bonds is 6. The molecule has 1 fully saturated rings. The molecule has 4 heteroatoms. The van der Waals surface area contributed by atoms with E-state index in [4.69, 9.17) is 4.74 Å². The summed E-state index contributed by atoms with van der Waals surface area (Å²) in [5, 5.41) is 3.23. The van der Waals surface area contributed by atoms with E-state index in [1.165, 1.54) is 0 Å². The van der Waals surface area contributed by atoms with E-state index < -0.39 is 0 Å². The number of nitrogens with one attached hydrogen (secondary N) is 1. The van der Waals surface area contributed by atoms with Crippen LogP contribution in [0.4, 0.5) is 0 Å². The Kier molecular flexibility index (Phi) is 5.65. The molecule has 0 bridgehead atoms. The van der Waals surface area contributed by atoms with Crippen molar-refractivity contribution in [1.82, 2.24) is 10.2 Å². The van der Waals surface area contributed by atoms with Crippen LogP contribution in [0.2, 0.25) is 0 Å². The second-order valence-corrected chi connectivity index (χ2v) is 3.76. The van der Waals surface area contributed by atoms with Gasteiger partial charge in [-0.1, -0.05) is 0 Å². The molecule has 0 unspecified atom stereocenters. The number of nitrogens with zero attached hydrogens (tertiary/aromatic N) is 1. The topological polar surface area (TPSA) is 41.6 Å². The maximum absolute atomic E-state index is 12.0. The largest absolute Gasteiger partial charge is 0.380 e. The van der Waals surface area contributed by atoms with Crippen LogP contribution in [0.25, 0.3) is 0 Å². The van der Waals surface area contributed by atoms with Crippen LogP contribution >= 0.6 is 0 Å². The van der Waals surface area contributed by atoms with E-state index in [2.05, 4.69) is 5.32 Å². The van der Waals surface area contributed by atoms with Crippen LogP contribution in [-0.4, -0.2) is 49.7 Å². The lowest BCUT2D eigenvalue weighted by Gasteiger charge is -2.24. The van der Waals surface area contributed by atoms with Gasteiger partial charge in [-0.2, -0.15) is 0 Å². The smallest absolute Gasteiger partial charge is 0.239 e. The zero-order valence-corrected chi connectivity index (χ0v) is 9.79. The maximum atomic E-state index is 12.0. The molecule has 0 aliphatic carbocycles. The number of ether oxygens (including phenoxy) is 1. The standard InChI is InChI=1S/C11H22N2O2/c1-3-13(8-9-15-4-2)11(14)10-6-5-7-12-10/h10,12H,3-9H2,1-2H3/t10-/m0/s1. The van der Waals surface area contributed by atoms with Gasteiger partial charge in [0.25, 0.3) is 0 Å². The number of likely N-dealkylation sites (N-methyl/N-ethyl adjacent to an activating group) is 1. The number of hydrogen-bond acceptors (Lipinski definition) is 3. The van der Waals surface area contributed by atoms with Gasteiger partial charge in [0.2, 0.25) is 5.91 Å². The van der Waals surface area contributed by atoms with Gasteiger partial charge >= 0.3 is 0 Å². The highest BCUT2D eigenvalue weighted by Gasteiger charge is 2.25. The normalized spacial score (nSPS) is 20.5. The van der Waals surface area contributed by atoms with E-state index in [0.29, 0.717) is 19.8 Å².